The molecule has 0 radical (unpaired) electrons. The predicted molar refractivity (Wildman–Crippen MR) is 129 cm³/mol. The van der Waals surface area contributed by atoms with Crippen molar-refractivity contribution in [1.82, 2.24) is 10.0 Å². The van der Waals surface area contributed by atoms with Crippen molar-refractivity contribution >= 4 is 27.7 Å². The summed E-state index contributed by atoms with van der Waals surface area (Å²) in [6.45, 7) is 5.31. The maximum Gasteiger partial charge on any atom is 0.244 e. The Kier molecular flexibility index (Phi) is 8.29. The molecule has 1 heterocycles. The summed E-state index contributed by atoms with van der Waals surface area (Å²) in [5.74, 6) is -0.545. The zero-order chi connectivity index (χ0) is 24.9. The van der Waals surface area contributed by atoms with Crippen molar-refractivity contribution in [2.24, 2.45) is 0 Å². The van der Waals surface area contributed by atoms with Crippen LogP contribution in [0, 0.1) is 5.82 Å². The van der Waals surface area contributed by atoms with Gasteiger partial charge in [0, 0.05) is 25.7 Å². The SMILES string of the molecule is CNS(=O)(=O)c1cc(C=CC(=O)NCc2ccc(N3CC(C)OC(C)C3)c(F)c2)ccc1OC. The van der Waals surface area contributed by atoms with Gasteiger partial charge in [0.05, 0.1) is 25.0 Å². The first-order chi connectivity index (χ1) is 16.1. The van der Waals surface area contributed by atoms with Crippen molar-refractivity contribution in [3.63, 3.8) is 0 Å². The smallest absolute Gasteiger partial charge is 0.244 e. The number of nitrogens with zero attached hydrogens (tertiary/aromatic N) is 1. The number of morpholine rings is 1. The second kappa shape index (κ2) is 11.0. The molecule has 1 amide bonds. The van der Waals surface area contributed by atoms with E-state index in [0.717, 1.165) is 0 Å². The Labute approximate surface area is 199 Å². The molecule has 0 aliphatic carbocycles. The Balaban J connectivity index is 1.63. The van der Waals surface area contributed by atoms with Crippen LogP contribution in [0.3, 0.4) is 0 Å². The summed E-state index contributed by atoms with van der Waals surface area (Å²) in [6.07, 6.45) is 2.83. The van der Waals surface area contributed by atoms with Gasteiger partial charge >= 0.3 is 0 Å². The lowest BCUT2D eigenvalue weighted by atomic mass is 10.1. The van der Waals surface area contributed by atoms with Gasteiger partial charge in [0.1, 0.15) is 16.5 Å². The van der Waals surface area contributed by atoms with Crippen molar-refractivity contribution in [2.45, 2.75) is 37.5 Å². The van der Waals surface area contributed by atoms with E-state index in [1.165, 1.54) is 44.5 Å². The van der Waals surface area contributed by atoms with Gasteiger partial charge in [-0.05, 0) is 62.4 Å². The predicted octanol–water partition coefficient (Wildman–Crippen LogP) is 2.69. The molecule has 8 nitrogen and oxygen atoms in total. The Hall–Kier alpha value is -2.95. The van der Waals surface area contributed by atoms with Crippen LogP contribution in [0.5, 0.6) is 5.75 Å². The van der Waals surface area contributed by atoms with Crippen molar-refractivity contribution in [2.75, 3.05) is 32.1 Å². The topological polar surface area (TPSA) is 97.0 Å². The molecule has 0 spiro atoms. The summed E-state index contributed by atoms with van der Waals surface area (Å²) in [5.41, 5.74) is 1.65. The molecule has 184 valence electrons. The molecule has 2 unspecified atom stereocenters. The molecule has 0 saturated carbocycles. The number of hydrogen-bond acceptors (Lipinski definition) is 6. The molecule has 1 saturated heterocycles. The fourth-order valence-corrected chi connectivity index (χ4v) is 4.76. The number of methoxy groups -OCH3 is 1. The molecule has 2 N–H and O–H groups in total. The van der Waals surface area contributed by atoms with Gasteiger partial charge in [-0.25, -0.2) is 17.5 Å². The minimum Gasteiger partial charge on any atom is -0.495 e. The van der Waals surface area contributed by atoms with Crippen LogP contribution in [0.15, 0.2) is 47.4 Å². The van der Waals surface area contributed by atoms with Crippen LogP contribution in [-0.4, -0.2) is 53.8 Å². The van der Waals surface area contributed by atoms with Crippen LogP contribution < -0.4 is 19.7 Å². The van der Waals surface area contributed by atoms with E-state index in [9.17, 15) is 17.6 Å². The lowest BCUT2D eigenvalue weighted by Crippen LogP contribution is -2.45. The van der Waals surface area contributed by atoms with Crippen LogP contribution in [0.1, 0.15) is 25.0 Å². The quantitative estimate of drug-likeness (QED) is 0.551. The molecule has 2 aromatic rings. The first-order valence-electron chi connectivity index (χ1n) is 10.9. The Morgan fingerprint density at radius 1 is 1.21 bits per heavy atom. The molecule has 3 rings (SSSR count). The van der Waals surface area contributed by atoms with Gasteiger partial charge in [-0.1, -0.05) is 12.1 Å². The fraction of sp³-hybridized carbons (Fsp3) is 0.375. The Bertz CT molecular complexity index is 1160. The fourth-order valence-electron chi connectivity index (χ4n) is 3.83. The highest BCUT2D eigenvalue weighted by molar-refractivity contribution is 7.89. The van der Waals surface area contributed by atoms with Crippen molar-refractivity contribution in [3.05, 3.63) is 59.4 Å². The van der Waals surface area contributed by atoms with E-state index in [-0.39, 0.29) is 35.2 Å². The zero-order valence-electron chi connectivity index (χ0n) is 19.7. The van der Waals surface area contributed by atoms with Gasteiger partial charge in [0.15, 0.2) is 0 Å². The van der Waals surface area contributed by atoms with Gasteiger partial charge in [-0.3, -0.25) is 4.79 Å². The highest BCUT2D eigenvalue weighted by Gasteiger charge is 2.24. The molecular weight excluding hydrogens is 461 g/mol. The number of benzene rings is 2. The average molecular weight is 492 g/mol. The van der Waals surface area contributed by atoms with Gasteiger partial charge in [0.25, 0.3) is 0 Å². The molecule has 2 aromatic carbocycles. The summed E-state index contributed by atoms with van der Waals surface area (Å²) in [4.78, 5) is 14.2. The van der Waals surface area contributed by atoms with Crippen molar-refractivity contribution in [1.29, 1.82) is 0 Å². The van der Waals surface area contributed by atoms with E-state index in [2.05, 4.69) is 10.0 Å². The summed E-state index contributed by atoms with van der Waals surface area (Å²) < 4.78 is 52.2. The highest BCUT2D eigenvalue weighted by atomic mass is 32.2. The van der Waals surface area contributed by atoms with Gasteiger partial charge < -0.3 is 19.7 Å². The number of hydrogen-bond donors (Lipinski definition) is 2. The summed E-state index contributed by atoms with van der Waals surface area (Å²) >= 11 is 0. The minimum absolute atomic E-state index is 0.0222. The van der Waals surface area contributed by atoms with Crippen LogP contribution in [0.2, 0.25) is 0 Å². The maximum absolute atomic E-state index is 14.7. The molecule has 0 bridgehead atoms. The first kappa shape index (κ1) is 25.7. The lowest BCUT2D eigenvalue weighted by molar-refractivity contribution is -0.116. The number of sulfonamides is 1. The van der Waals surface area contributed by atoms with Gasteiger partial charge in [-0.15, -0.1) is 0 Å². The molecule has 0 aromatic heterocycles. The summed E-state index contributed by atoms with van der Waals surface area (Å²) in [7, 11) is -1.04. The van der Waals surface area contributed by atoms with Gasteiger partial charge in [0.2, 0.25) is 15.9 Å². The van der Waals surface area contributed by atoms with Crippen molar-refractivity contribution in [3.8, 4) is 5.75 Å². The third-order valence-corrected chi connectivity index (χ3v) is 6.85. The van der Waals surface area contributed by atoms with E-state index < -0.39 is 15.9 Å². The minimum atomic E-state index is -3.73. The number of nitrogens with one attached hydrogen (secondary N) is 2. The van der Waals surface area contributed by atoms with Crippen molar-refractivity contribution < 1.29 is 27.1 Å². The second-order valence-corrected chi connectivity index (χ2v) is 9.97. The third-order valence-electron chi connectivity index (χ3n) is 5.41. The largest absolute Gasteiger partial charge is 0.495 e. The summed E-state index contributed by atoms with van der Waals surface area (Å²) in [6, 6.07) is 9.49. The van der Waals surface area contributed by atoms with Crippen LogP contribution >= 0.6 is 0 Å². The summed E-state index contributed by atoms with van der Waals surface area (Å²) in [5, 5.41) is 2.71. The third kappa shape index (κ3) is 6.34. The second-order valence-electron chi connectivity index (χ2n) is 8.12. The van der Waals surface area contributed by atoms with E-state index in [0.29, 0.717) is 29.9 Å². The van der Waals surface area contributed by atoms with Gasteiger partial charge in [-0.2, -0.15) is 0 Å². The van der Waals surface area contributed by atoms with E-state index in [1.807, 2.05) is 18.7 Å². The Morgan fingerprint density at radius 3 is 2.53 bits per heavy atom. The van der Waals surface area contributed by atoms with E-state index in [1.54, 1.807) is 18.2 Å². The van der Waals surface area contributed by atoms with E-state index >= 15 is 0 Å². The molecular formula is C24H30FN3O5S. The molecule has 34 heavy (non-hydrogen) atoms. The molecule has 1 aliphatic heterocycles. The number of halogens is 1. The molecule has 1 fully saturated rings. The highest BCUT2D eigenvalue weighted by Crippen LogP contribution is 2.26. The monoisotopic (exact) mass is 491 g/mol. The molecule has 2 atom stereocenters. The number of anilines is 1. The zero-order valence-corrected chi connectivity index (χ0v) is 20.5. The number of carbonyl (C=O) groups is 1. The normalized spacial score (nSPS) is 18.8. The van der Waals surface area contributed by atoms with Crippen LogP contribution in [-0.2, 0) is 26.1 Å². The van der Waals surface area contributed by atoms with E-state index in [4.69, 9.17) is 9.47 Å². The standard InChI is InChI=1S/C24H30FN3O5S/c1-16-14-28(15-17(2)33-16)21-8-5-19(11-20(21)25)13-27-24(29)10-7-18-6-9-22(32-4)23(12-18)34(30,31)26-3/h5-12,16-17,26H,13-15H2,1-4H3,(H,27,29). The molecule has 10 heteroatoms. The number of ether oxygens (including phenoxy) is 2. The lowest BCUT2D eigenvalue weighted by Gasteiger charge is -2.37. The van der Waals surface area contributed by atoms with Crippen LogP contribution in [0.25, 0.3) is 6.08 Å². The molecule has 1 aliphatic rings. The van der Waals surface area contributed by atoms with Crippen LogP contribution in [0.4, 0.5) is 10.1 Å². The number of rotatable bonds is 8. The Morgan fingerprint density at radius 2 is 1.91 bits per heavy atom. The number of amides is 1. The number of carbonyl (C=O) groups excluding carboxylic acids is 1. The average Bonchev–Trinajstić information content (AvgIpc) is 2.80. The maximum atomic E-state index is 14.7. The first-order valence-corrected chi connectivity index (χ1v) is 12.4.